The molecule has 122 valence electrons. The van der Waals surface area contributed by atoms with Gasteiger partial charge in [0.1, 0.15) is 12.0 Å². The standard InChI is InChI=1S/C15H22F2N4O/c1-14(2,3)13(22)19-9-15(17)4-6-21(7-5-15)12-11(16)8-18-10-20-12/h8,10H,4-7,9H2,1-3H3,(H,19,22). The zero-order valence-corrected chi connectivity index (χ0v) is 13.2. The highest BCUT2D eigenvalue weighted by molar-refractivity contribution is 5.81. The fourth-order valence-electron chi connectivity index (χ4n) is 2.34. The molecule has 1 aliphatic rings. The number of piperidine rings is 1. The Labute approximate surface area is 129 Å². The number of hydrogen-bond donors (Lipinski definition) is 1. The molecular weight excluding hydrogens is 290 g/mol. The van der Waals surface area contributed by atoms with Gasteiger partial charge in [-0.25, -0.2) is 18.7 Å². The Hall–Kier alpha value is -1.79. The lowest BCUT2D eigenvalue weighted by molar-refractivity contribution is -0.129. The highest BCUT2D eigenvalue weighted by Gasteiger charge is 2.36. The van der Waals surface area contributed by atoms with E-state index in [-0.39, 0.29) is 31.1 Å². The quantitative estimate of drug-likeness (QED) is 0.928. The van der Waals surface area contributed by atoms with Crippen LogP contribution in [0.1, 0.15) is 33.6 Å². The molecule has 1 fully saturated rings. The summed E-state index contributed by atoms with van der Waals surface area (Å²) in [6, 6.07) is 0. The van der Waals surface area contributed by atoms with Gasteiger partial charge in [0.05, 0.1) is 12.7 Å². The molecule has 1 saturated heterocycles. The Kier molecular flexibility index (Phi) is 4.63. The first-order valence-electron chi connectivity index (χ1n) is 7.39. The van der Waals surface area contributed by atoms with Crippen LogP contribution in [0.15, 0.2) is 12.5 Å². The Morgan fingerprint density at radius 1 is 1.41 bits per heavy atom. The minimum atomic E-state index is -1.46. The summed E-state index contributed by atoms with van der Waals surface area (Å²) in [7, 11) is 0. The molecule has 1 N–H and O–H groups in total. The lowest BCUT2D eigenvalue weighted by Crippen LogP contribution is -2.50. The lowest BCUT2D eigenvalue weighted by Gasteiger charge is -2.37. The van der Waals surface area contributed by atoms with Crippen LogP contribution in [0, 0.1) is 11.2 Å². The number of amides is 1. The third-order valence-corrected chi connectivity index (χ3v) is 3.85. The summed E-state index contributed by atoms with van der Waals surface area (Å²) >= 11 is 0. The van der Waals surface area contributed by atoms with Crippen molar-refractivity contribution in [3.05, 3.63) is 18.3 Å². The molecule has 1 aromatic rings. The van der Waals surface area contributed by atoms with Crippen LogP contribution in [0.4, 0.5) is 14.6 Å². The Morgan fingerprint density at radius 2 is 2.05 bits per heavy atom. The van der Waals surface area contributed by atoms with Crippen LogP contribution in [0.2, 0.25) is 0 Å². The minimum Gasteiger partial charge on any atom is -0.354 e. The summed E-state index contributed by atoms with van der Waals surface area (Å²) in [6.07, 6.45) is 2.82. The maximum atomic E-state index is 14.7. The topological polar surface area (TPSA) is 58.1 Å². The SMILES string of the molecule is CC(C)(C)C(=O)NCC1(F)CCN(c2ncncc2F)CC1. The van der Waals surface area contributed by atoms with E-state index in [0.717, 1.165) is 6.20 Å². The summed E-state index contributed by atoms with van der Waals surface area (Å²) in [6.45, 7) is 6.06. The number of alkyl halides is 1. The van der Waals surface area contributed by atoms with Crippen LogP contribution >= 0.6 is 0 Å². The molecular formula is C15H22F2N4O. The largest absolute Gasteiger partial charge is 0.354 e. The van der Waals surface area contributed by atoms with Gasteiger partial charge >= 0.3 is 0 Å². The molecule has 2 heterocycles. The first-order chi connectivity index (χ1) is 10.2. The van der Waals surface area contributed by atoms with Crippen molar-refractivity contribution in [1.82, 2.24) is 15.3 Å². The smallest absolute Gasteiger partial charge is 0.225 e. The van der Waals surface area contributed by atoms with E-state index in [1.54, 1.807) is 25.7 Å². The molecule has 0 radical (unpaired) electrons. The molecule has 0 aliphatic carbocycles. The first-order valence-corrected chi connectivity index (χ1v) is 7.39. The van der Waals surface area contributed by atoms with Crippen molar-refractivity contribution in [2.45, 2.75) is 39.3 Å². The number of rotatable bonds is 3. The molecule has 1 aromatic heterocycles. The number of nitrogens with zero attached hydrogens (tertiary/aromatic N) is 3. The zero-order chi connectivity index (χ0) is 16.4. The Balaban J connectivity index is 1.91. The van der Waals surface area contributed by atoms with E-state index in [1.165, 1.54) is 6.33 Å². The average molecular weight is 312 g/mol. The number of nitrogens with one attached hydrogen (secondary N) is 1. The molecule has 0 saturated carbocycles. The predicted molar refractivity (Wildman–Crippen MR) is 79.7 cm³/mol. The van der Waals surface area contributed by atoms with E-state index in [1.807, 2.05) is 0 Å². The molecule has 22 heavy (non-hydrogen) atoms. The summed E-state index contributed by atoms with van der Waals surface area (Å²) < 4.78 is 28.4. The lowest BCUT2D eigenvalue weighted by atomic mass is 9.91. The third kappa shape index (κ3) is 3.90. The third-order valence-electron chi connectivity index (χ3n) is 3.85. The fourth-order valence-corrected chi connectivity index (χ4v) is 2.34. The minimum absolute atomic E-state index is 0.0107. The van der Waals surface area contributed by atoms with Gasteiger partial charge in [-0.05, 0) is 0 Å². The fraction of sp³-hybridized carbons (Fsp3) is 0.667. The van der Waals surface area contributed by atoms with Crippen molar-refractivity contribution < 1.29 is 13.6 Å². The molecule has 0 aromatic carbocycles. The second-order valence-corrected chi connectivity index (χ2v) is 6.76. The predicted octanol–water partition coefficient (Wildman–Crippen LogP) is 2.09. The van der Waals surface area contributed by atoms with Crippen molar-refractivity contribution >= 4 is 11.7 Å². The van der Waals surface area contributed by atoms with Crippen LogP contribution in [0.3, 0.4) is 0 Å². The van der Waals surface area contributed by atoms with Crippen LogP contribution in [0.25, 0.3) is 0 Å². The first kappa shape index (κ1) is 16.6. The van der Waals surface area contributed by atoms with Crippen molar-refractivity contribution in [2.75, 3.05) is 24.5 Å². The van der Waals surface area contributed by atoms with Gasteiger partial charge in [0, 0.05) is 31.3 Å². The van der Waals surface area contributed by atoms with Gasteiger partial charge in [-0.3, -0.25) is 4.79 Å². The van der Waals surface area contributed by atoms with E-state index >= 15 is 0 Å². The van der Waals surface area contributed by atoms with Crippen LogP contribution in [-0.4, -0.2) is 41.2 Å². The molecule has 1 aliphatic heterocycles. The molecule has 0 bridgehead atoms. The van der Waals surface area contributed by atoms with Gasteiger partial charge < -0.3 is 10.2 Å². The molecule has 0 atom stereocenters. The van der Waals surface area contributed by atoms with Gasteiger partial charge in [0.25, 0.3) is 0 Å². The van der Waals surface area contributed by atoms with E-state index < -0.39 is 16.9 Å². The van der Waals surface area contributed by atoms with E-state index in [4.69, 9.17) is 0 Å². The highest BCUT2D eigenvalue weighted by Crippen LogP contribution is 2.29. The van der Waals surface area contributed by atoms with Crippen molar-refractivity contribution in [3.8, 4) is 0 Å². The molecule has 2 rings (SSSR count). The number of halogens is 2. The summed E-state index contributed by atoms with van der Waals surface area (Å²) in [5.41, 5.74) is -2.00. The van der Waals surface area contributed by atoms with Crippen LogP contribution in [-0.2, 0) is 4.79 Å². The normalized spacial score (nSPS) is 18.1. The average Bonchev–Trinajstić information content (AvgIpc) is 2.46. The van der Waals surface area contributed by atoms with Gasteiger partial charge in [-0.1, -0.05) is 20.8 Å². The molecule has 0 spiro atoms. The highest BCUT2D eigenvalue weighted by atomic mass is 19.1. The number of carbonyl (C=O) groups excluding carboxylic acids is 1. The van der Waals surface area contributed by atoms with E-state index in [9.17, 15) is 13.6 Å². The Morgan fingerprint density at radius 3 is 2.59 bits per heavy atom. The van der Waals surface area contributed by atoms with Crippen LogP contribution < -0.4 is 10.2 Å². The number of anilines is 1. The second-order valence-electron chi connectivity index (χ2n) is 6.76. The maximum Gasteiger partial charge on any atom is 0.225 e. The van der Waals surface area contributed by atoms with Gasteiger partial charge in [0.2, 0.25) is 5.91 Å². The molecule has 1 amide bonds. The maximum absolute atomic E-state index is 14.7. The van der Waals surface area contributed by atoms with Crippen LogP contribution in [0.5, 0.6) is 0 Å². The summed E-state index contributed by atoms with van der Waals surface area (Å²) in [4.78, 5) is 21.0. The van der Waals surface area contributed by atoms with E-state index in [0.29, 0.717) is 13.1 Å². The number of aromatic nitrogens is 2. The summed E-state index contributed by atoms with van der Waals surface area (Å²) in [5.74, 6) is -0.473. The monoisotopic (exact) mass is 312 g/mol. The zero-order valence-electron chi connectivity index (χ0n) is 13.2. The van der Waals surface area contributed by atoms with Gasteiger partial charge in [-0.15, -0.1) is 0 Å². The van der Waals surface area contributed by atoms with Gasteiger partial charge in [0.15, 0.2) is 11.6 Å². The van der Waals surface area contributed by atoms with Crippen molar-refractivity contribution in [2.24, 2.45) is 5.41 Å². The molecule has 7 heteroatoms. The van der Waals surface area contributed by atoms with Gasteiger partial charge in [-0.2, -0.15) is 0 Å². The van der Waals surface area contributed by atoms with E-state index in [2.05, 4.69) is 15.3 Å². The molecule has 5 nitrogen and oxygen atoms in total. The second kappa shape index (κ2) is 6.14. The summed E-state index contributed by atoms with van der Waals surface area (Å²) in [5, 5.41) is 2.67. The molecule has 0 unspecified atom stereocenters. The number of hydrogen-bond acceptors (Lipinski definition) is 4. The van der Waals surface area contributed by atoms with Crippen molar-refractivity contribution in [3.63, 3.8) is 0 Å². The number of carbonyl (C=O) groups is 1. The van der Waals surface area contributed by atoms with Crippen molar-refractivity contribution in [1.29, 1.82) is 0 Å². The Bertz CT molecular complexity index is 537.